The second-order valence-corrected chi connectivity index (χ2v) is 12.0. The van der Waals surface area contributed by atoms with Crippen LogP contribution in [-0.2, 0) is 19.3 Å². The van der Waals surface area contributed by atoms with Gasteiger partial charge in [-0.3, -0.25) is 0 Å². The highest BCUT2D eigenvalue weighted by Gasteiger charge is 2.17. The Morgan fingerprint density at radius 1 is 0.514 bits per heavy atom. The van der Waals surface area contributed by atoms with E-state index in [9.17, 15) is 5.11 Å². The van der Waals surface area contributed by atoms with Crippen LogP contribution in [0.1, 0.15) is 36.0 Å². The first-order valence-corrected chi connectivity index (χ1v) is 15.0. The molecule has 0 saturated carbocycles. The Labute approximate surface area is 227 Å². The summed E-state index contributed by atoms with van der Waals surface area (Å²) < 4.78 is 0. The third-order valence-corrected chi connectivity index (χ3v) is 8.90. The number of phenols is 1. The van der Waals surface area contributed by atoms with E-state index in [2.05, 4.69) is 62.7 Å². The van der Waals surface area contributed by atoms with E-state index in [4.69, 9.17) is 0 Å². The van der Waals surface area contributed by atoms with Gasteiger partial charge in [-0.15, -0.1) is 0 Å². The molecule has 0 radical (unpaired) electrons. The highest BCUT2D eigenvalue weighted by Crippen LogP contribution is 2.28. The highest BCUT2D eigenvalue weighted by molar-refractivity contribution is 5.44. The number of aromatic hydroxyl groups is 1. The van der Waals surface area contributed by atoms with Gasteiger partial charge in [0.15, 0.2) is 0 Å². The molecule has 3 aliphatic rings. The van der Waals surface area contributed by atoms with Gasteiger partial charge in [-0.25, -0.2) is 0 Å². The molecule has 3 fully saturated rings. The molecular formula is C30H54N6O. The molecule has 210 valence electrons. The van der Waals surface area contributed by atoms with E-state index in [0.717, 1.165) is 45.2 Å². The lowest BCUT2D eigenvalue weighted by Crippen LogP contribution is -2.44. The maximum absolute atomic E-state index is 11.3. The van der Waals surface area contributed by atoms with Gasteiger partial charge in [-0.1, -0.05) is 12.1 Å². The van der Waals surface area contributed by atoms with Crippen molar-refractivity contribution in [3.63, 3.8) is 0 Å². The maximum Gasteiger partial charge on any atom is 0.121 e. The standard InChI is InChI=1S/C30H54N6O/c1-31-13-19-34(20-14-31)10-4-7-27-25-28(8-5-11-35-21-15-32(2)16-22-35)30(37)29(26-27)9-6-12-36-23-17-33(3)18-24-36/h25-26,37H,4-24H2,1-3H3. The molecule has 4 rings (SSSR count). The van der Waals surface area contributed by atoms with Crippen molar-refractivity contribution in [3.8, 4) is 5.75 Å². The average molecular weight is 515 g/mol. The molecule has 3 aliphatic heterocycles. The van der Waals surface area contributed by atoms with Crippen LogP contribution in [0.15, 0.2) is 12.1 Å². The Hall–Kier alpha value is -1.22. The summed E-state index contributed by atoms with van der Waals surface area (Å²) in [5.41, 5.74) is 3.79. The Balaban J connectivity index is 1.32. The largest absolute Gasteiger partial charge is 0.507 e. The molecule has 0 bridgehead atoms. The summed E-state index contributed by atoms with van der Waals surface area (Å²) in [6.07, 6.45) is 6.54. The summed E-state index contributed by atoms with van der Waals surface area (Å²) in [6.45, 7) is 17.6. The van der Waals surface area contributed by atoms with E-state index >= 15 is 0 Å². The monoisotopic (exact) mass is 514 g/mol. The quantitative estimate of drug-likeness (QED) is 0.457. The number of piperazine rings is 3. The van der Waals surface area contributed by atoms with Crippen molar-refractivity contribution in [1.82, 2.24) is 29.4 Å². The van der Waals surface area contributed by atoms with Crippen molar-refractivity contribution in [1.29, 1.82) is 0 Å². The molecule has 0 spiro atoms. The van der Waals surface area contributed by atoms with Gasteiger partial charge in [0.25, 0.3) is 0 Å². The van der Waals surface area contributed by atoms with Gasteiger partial charge < -0.3 is 34.5 Å². The molecule has 3 saturated heterocycles. The SMILES string of the molecule is CN1CCN(CCCc2cc(CCCN3CCN(C)CC3)c(O)c(CCCN3CCN(C)CC3)c2)CC1. The molecule has 0 aromatic heterocycles. The molecule has 7 nitrogen and oxygen atoms in total. The van der Waals surface area contributed by atoms with Crippen molar-refractivity contribution < 1.29 is 5.11 Å². The van der Waals surface area contributed by atoms with Crippen molar-refractivity contribution in [2.75, 3.05) is 119 Å². The normalized spacial score (nSPS) is 22.1. The fourth-order valence-electron chi connectivity index (χ4n) is 6.07. The molecule has 3 heterocycles. The molecular weight excluding hydrogens is 460 g/mol. The maximum atomic E-state index is 11.3. The lowest BCUT2D eigenvalue weighted by Gasteiger charge is -2.32. The van der Waals surface area contributed by atoms with Crippen LogP contribution in [0.4, 0.5) is 0 Å². The average Bonchev–Trinajstić information content (AvgIpc) is 2.90. The number of nitrogens with zero attached hydrogens (tertiary/aromatic N) is 6. The van der Waals surface area contributed by atoms with Gasteiger partial charge >= 0.3 is 0 Å². The van der Waals surface area contributed by atoms with E-state index in [1.165, 1.54) is 108 Å². The predicted octanol–water partition coefficient (Wildman–Crippen LogP) is 1.93. The zero-order chi connectivity index (χ0) is 26.0. The minimum Gasteiger partial charge on any atom is -0.507 e. The van der Waals surface area contributed by atoms with Crippen molar-refractivity contribution >= 4 is 0 Å². The number of rotatable bonds is 12. The summed E-state index contributed by atoms with van der Waals surface area (Å²) in [5.74, 6) is 0.583. The number of phenolic OH excluding ortho intramolecular Hbond substituents is 1. The lowest BCUT2D eigenvalue weighted by atomic mass is 9.95. The summed E-state index contributed by atoms with van der Waals surface area (Å²) in [7, 11) is 6.66. The van der Waals surface area contributed by atoms with Crippen LogP contribution in [0, 0.1) is 0 Å². The van der Waals surface area contributed by atoms with Crippen LogP contribution >= 0.6 is 0 Å². The number of hydrogen-bond acceptors (Lipinski definition) is 7. The van der Waals surface area contributed by atoms with Gasteiger partial charge in [0.2, 0.25) is 0 Å². The van der Waals surface area contributed by atoms with Crippen LogP contribution < -0.4 is 0 Å². The Morgan fingerprint density at radius 3 is 1.19 bits per heavy atom. The van der Waals surface area contributed by atoms with Crippen LogP contribution in [-0.4, -0.2) is 154 Å². The van der Waals surface area contributed by atoms with Crippen LogP contribution in [0.5, 0.6) is 5.75 Å². The van der Waals surface area contributed by atoms with E-state index in [1.807, 2.05) is 0 Å². The van der Waals surface area contributed by atoms with Crippen LogP contribution in [0.2, 0.25) is 0 Å². The summed E-state index contributed by atoms with van der Waals surface area (Å²) in [4.78, 5) is 15.1. The fourth-order valence-corrected chi connectivity index (χ4v) is 6.07. The van der Waals surface area contributed by atoms with E-state index in [0.29, 0.717) is 5.75 Å². The van der Waals surface area contributed by atoms with Gasteiger partial charge in [0.05, 0.1) is 0 Å². The summed E-state index contributed by atoms with van der Waals surface area (Å²) in [5, 5.41) is 11.3. The first kappa shape index (κ1) is 28.8. The molecule has 37 heavy (non-hydrogen) atoms. The minimum absolute atomic E-state index is 0.583. The Morgan fingerprint density at radius 2 is 0.838 bits per heavy atom. The van der Waals surface area contributed by atoms with Crippen molar-refractivity contribution in [2.45, 2.75) is 38.5 Å². The summed E-state index contributed by atoms with van der Waals surface area (Å²) in [6, 6.07) is 4.65. The number of benzene rings is 1. The number of aryl methyl sites for hydroxylation is 3. The first-order valence-electron chi connectivity index (χ1n) is 15.0. The Kier molecular flexibility index (Phi) is 11.5. The molecule has 0 unspecified atom stereocenters. The number of likely N-dealkylation sites (N-methyl/N-ethyl adjacent to an activating group) is 3. The van der Waals surface area contributed by atoms with Gasteiger partial charge in [-0.2, -0.15) is 0 Å². The molecule has 7 heteroatoms. The third kappa shape index (κ3) is 9.48. The van der Waals surface area contributed by atoms with Gasteiger partial charge in [0, 0.05) is 78.5 Å². The van der Waals surface area contributed by atoms with Crippen molar-refractivity contribution in [2.24, 2.45) is 0 Å². The predicted molar refractivity (Wildman–Crippen MR) is 155 cm³/mol. The zero-order valence-electron chi connectivity index (χ0n) is 24.1. The topological polar surface area (TPSA) is 39.7 Å². The zero-order valence-corrected chi connectivity index (χ0v) is 24.1. The molecule has 0 amide bonds. The van der Waals surface area contributed by atoms with E-state index < -0.39 is 0 Å². The lowest BCUT2D eigenvalue weighted by molar-refractivity contribution is 0.152. The second kappa shape index (κ2) is 14.8. The molecule has 1 aromatic rings. The third-order valence-electron chi connectivity index (χ3n) is 8.90. The smallest absolute Gasteiger partial charge is 0.121 e. The van der Waals surface area contributed by atoms with Gasteiger partial charge in [0.1, 0.15) is 5.75 Å². The van der Waals surface area contributed by atoms with Crippen LogP contribution in [0.3, 0.4) is 0 Å². The molecule has 1 aromatic carbocycles. The first-order chi connectivity index (χ1) is 18.0. The van der Waals surface area contributed by atoms with Gasteiger partial charge in [-0.05, 0) is 96.0 Å². The van der Waals surface area contributed by atoms with Crippen molar-refractivity contribution in [3.05, 3.63) is 28.8 Å². The molecule has 0 aliphatic carbocycles. The molecule has 1 N–H and O–H groups in total. The fraction of sp³-hybridized carbons (Fsp3) is 0.800. The van der Waals surface area contributed by atoms with Crippen LogP contribution in [0.25, 0.3) is 0 Å². The second-order valence-electron chi connectivity index (χ2n) is 12.0. The number of hydrogen-bond donors (Lipinski definition) is 1. The van der Waals surface area contributed by atoms with E-state index in [-0.39, 0.29) is 0 Å². The summed E-state index contributed by atoms with van der Waals surface area (Å²) >= 11 is 0. The minimum atomic E-state index is 0.583. The van der Waals surface area contributed by atoms with E-state index in [1.54, 1.807) is 0 Å². The highest BCUT2D eigenvalue weighted by atomic mass is 16.3. The Bertz CT molecular complexity index is 746. The molecule has 0 atom stereocenters.